The molecule has 0 bridgehead atoms. The maximum atomic E-state index is 14.2. The minimum absolute atomic E-state index is 0.302. The lowest BCUT2D eigenvalue weighted by molar-refractivity contribution is -0.133. The quantitative estimate of drug-likeness (QED) is 0.901. The fraction of sp³-hybridized carbons (Fsp3) is 0.500. The van der Waals surface area contributed by atoms with Crippen molar-refractivity contribution in [3.8, 4) is 5.69 Å². The van der Waals surface area contributed by atoms with Gasteiger partial charge in [-0.3, -0.25) is 4.79 Å². The van der Waals surface area contributed by atoms with Crippen LogP contribution in [-0.4, -0.2) is 44.7 Å². The van der Waals surface area contributed by atoms with E-state index in [1.54, 1.807) is 6.07 Å². The predicted molar refractivity (Wildman–Crippen MR) is 90.5 cm³/mol. The van der Waals surface area contributed by atoms with Gasteiger partial charge in [-0.1, -0.05) is 6.07 Å². The standard InChI is InChI=1S/C18H22FN5O/c19-16-9-13(1-4-17(16)24-12-20-11-22-24)10-21-15-5-7-23(8-6-15)18(25)14-2-3-14/h1,4,9,11-12,14-15,21H,2-3,5-8,10H2. The Morgan fingerprint density at radius 2 is 2.04 bits per heavy atom. The minimum Gasteiger partial charge on any atom is -0.342 e. The van der Waals surface area contributed by atoms with E-state index in [-0.39, 0.29) is 5.82 Å². The summed E-state index contributed by atoms with van der Waals surface area (Å²) >= 11 is 0. The number of carbonyl (C=O) groups is 1. The van der Waals surface area contributed by atoms with Gasteiger partial charge in [0.15, 0.2) is 0 Å². The third-order valence-electron chi connectivity index (χ3n) is 5.01. The number of rotatable bonds is 5. The number of piperidine rings is 1. The number of likely N-dealkylation sites (tertiary alicyclic amines) is 1. The van der Waals surface area contributed by atoms with Crippen molar-refractivity contribution in [2.75, 3.05) is 13.1 Å². The highest BCUT2D eigenvalue weighted by Crippen LogP contribution is 2.31. The monoisotopic (exact) mass is 343 g/mol. The maximum absolute atomic E-state index is 14.2. The first-order valence-electron chi connectivity index (χ1n) is 8.86. The lowest BCUT2D eigenvalue weighted by Gasteiger charge is -2.32. The number of halogens is 1. The van der Waals surface area contributed by atoms with Crippen LogP contribution in [0.3, 0.4) is 0 Å². The van der Waals surface area contributed by atoms with Gasteiger partial charge in [0.25, 0.3) is 0 Å². The molecule has 1 aliphatic carbocycles. The molecule has 1 aromatic carbocycles. The SMILES string of the molecule is O=C(C1CC1)N1CCC(NCc2ccc(-n3cncn3)c(F)c2)CC1. The average Bonchev–Trinajstić information content (AvgIpc) is 3.35. The fourth-order valence-corrected chi connectivity index (χ4v) is 3.33. The second kappa shape index (κ2) is 6.92. The molecule has 1 aliphatic heterocycles. The van der Waals surface area contributed by atoms with E-state index < -0.39 is 0 Å². The molecule has 1 saturated carbocycles. The van der Waals surface area contributed by atoms with Gasteiger partial charge in [-0.15, -0.1) is 0 Å². The van der Waals surface area contributed by atoms with Crippen LogP contribution in [0.25, 0.3) is 5.69 Å². The number of hydrogen-bond donors (Lipinski definition) is 1. The zero-order valence-corrected chi connectivity index (χ0v) is 14.1. The molecule has 6 nitrogen and oxygen atoms in total. The maximum Gasteiger partial charge on any atom is 0.225 e. The van der Waals surface area contributed by atoms with Crippen molar-refractivity contribution in [2.24, 2.45) is 5.92 Å². The molecule has 1 N–H and O–H groups in total. The first-order chi connectivity index (χ1) is 12.2. The van der Waals surface area contributed by atoms with Gasteiger partial charge in [0.05, 0.1) is 0 Å². The predicted octanol–water partition coefficient (Wildman–Crippen LogP) is 1.90. The summed E-state index contributed by atoms with van der Waals surface area (Å²) in [5.74, 6) is 0.329. The van der Waals surface area contributed by atoms with Gasteiger partial charge in [-0.25, -0.2) is 14.1 Å². The molecule has 0 spiro atoms. The number of aromatic nitrogens is 3. The van der Waals surface area contributed by atoms with Gasteiger partial charge in [-0.2, -0.15) is 5.10 Å². The van der Waals surface area contributed by atoms with Crippen LogP contribution < -0.4 is 5.32 Å². The molecule has 1 amide bonds. The number of benzene rings is 1. The Morgan fingerprint density at radius 3 is 2.68 bits per heavy atom. The van der Waals surface area contributed by atoms with Gasteiger partial charge < -0.3 is 10.2 Å². The van der Waals surface area contributed by atoms with E-state index in [4.69, 9.17) is 0 Å². The van der Waals surface area contributed by atoms with Gasteiger partial charge in [-0.05, 0) is 43.4 Å². The lowest BCUT2D eigenvalue weighted by atomic mass is 10.0. The zero-order valence-electron chi connectivity index (χ0n) is 14.1. The molecule has 0 atom stereocenters. The smallest absolute Gasteiger partial charge is 0.225 e. The second-order valence-electron chi connectivity index (χ2n) is 6.88. The Labute approximate surface area is 146 Å². The van der Waals surface area contributed by atoms with E-state index in [1.807, 2.05) is 11.0 Å². The molecule has 132 valence electrons. The molecule has 2 aromatic rings. The fourth-order valence-electron chi connectivity index (χ4n) is 3.33. The van der Waals surface area contributed by atoms with E-state index in [9.17, 15) is 9.18 Å². The van der Waals surface area contributed by atoms with Crippen LogP contribution in [0.1, 0.15) is 31.2 Å². The van der Waals surface area contributed by atoms with Crippen molar-refractivity contribution in [2.45, 2.75) is 38.3 Å². The summed E-state index contributed by atoms with van der Waals surface area (Å²) in [7, 11) is 0. The number of hydrogen-bond acceptors (Lipinski definition) is 4. The van der Waals surface area contributed by atoms with Crippen LogP contribution in [0, 0.1) is 11.7 Å². The third-order valence-corrected chi connectivity index (χ3v) is 5.01. The van der Waals surface area contributed by atoms with Crippen LogP contribution in [0.15, 0.2) is 30.9 Å². The van der Waals surface area contributed by atoms with Crippen molar-refractivity contribution in [1.82, 2.24) is 25.0 Å². The number of nitrogens with one attached hydrogen (secondary N) is 1. The summed E-state index contributed by atoms with van der Waals surface area (Å²) in [6.45, 7) is 2.27. The van der Waals surface area contributed by atoms with Crippen molar-refractivity contribution in [1.29, 1.82) is 0 Å². The highest BCUT2D eigenvalue weighted by atomic mass is 19.1. The van der Waals surface area contributed by atoms with Crippen molar-refractivity contribution >= 4 is 5.91 Å². The van der Waals surface area contributed by atoms with E-state index >= 15 is 0 Å². The number of amides is 1. The highest BCUT2D eigenvalue weighted by Gasteiger charge is 2.34. The highest BCUT2D eigenvalue weighted by molar-refractivity contribution is 5.81. The van der Waals surface area contributed by atoms with Crippen molar-refractivity contribution in [3.63, 3.8) is 0 Å². The topological polar surface area (TPSA) is 63.1 Å². The molecule has 1 aromatic heterocycles. The molecule has 0 unspecified atom stereocenters. The van der Waals surface area contributed by atoms with E-state index in [0.717, 1.165) is 44.3 Å². The van der Waals surface area contributed by atoms with E-state index in [0.29, 0.717) is 30.1 Å². The van der Waals surface area contributed by atoms with E-state index in [1.165, 1.54) is 23.4 Å². The largest absolute Gasteiger partial charge is 0.342 e. The van der Waals surface area contributed by atoms with Gasteiger partial charge in [0, 0.05) is 31.6 Å². The molecule has 2 fully saturated rings. The van der Waals surface area contributed by atoms with Crippen LogP contribution in [0.4, 0.5) is 4.39 Å². The molecular formula is C18H22FN5O. The Hall–Kier alpha value is -2.28. The van der Waals surface area contributed by atoms with Crippen LogP contribution in [0.2, 0.25) is 0 Å². The van der Waals surface area contributed by atoms with Crippen molar-refractivity contribution in [3.05, 3.63) is 42.2 Å². The van der Waals surface area contributed by atoms with Gasteiger partial charge in [0.2, 0.25) is 5.91 Å². The first kappa shape index (κ1) is 16.2. The third kappa shape index (κ3) is 3.71. The Bertz CT molecular complexity index is 736. The van der Waals surface area contributed by atoms with E-state index in [2.05, 4.69) is 15.4 Å². The summed E-state index contributed by atoms with van der Waals surface area (Å²) in [6, 6.07) is 5.54. The Kier molecular flexibility index (Phi) is 4.48. The van der Waals surface area contributed by atoms with Gasteiger partial charge >= 0.3 is 0 Å². The molecule has 25 heavy (non-hydrogen) atoms. The summed E-state index contributed by atoms with van der Waals surface area (Å²) in [6.07, 6.45) is 6.90. The molecule has 4 rings (SSSR count). The van der Waals surface area contributed by atoms with Gasteiger partial charge in [0.1, 0.15) is 24.2 Å². The summed E-state index contributed by atoms with van der Waals surface area (Å²) in [5.41, 5.74) is 1.30. The Balaban J connectivity index is 1.29. The van der Waals surface area contributed by atoms with Crippen LogP contribution in [0.5, 0.6) is 0 Å². The first-order valence-corrected chi connectivity index (χ1v) is 8.86. The number of nitrogens with zero attached hydrogens (tertiary/aromatic N) is 4. The molecule has 0 radical (unpaired) electrons. The number of carbonyl (C=O) groups excluding carboxylic acids is 1. The zero-order chi connectivity index (χ0) is 17.2. The molecular weight excluding hydrogens is 321 g/mol. The average molecular weight is 343 g/mol. The van der Waals surface area contributed by atoms with Crippen LogP contribution >= 0.6 is 0 Å². The second-order valence-corrected chi connectivity index (χ2v) is 6.88. The summed E-state index contributed by atoms with van der Waals surface area (Å²) < 4.78 is 15.7. The van der Waals surface area contributed by atoms with Crippen LogP contribution in [-0.2, 0) is 11.3 Å². The van der Waals surface area contributed by atoms with Crippen molar-refractivity contribution < 1.29 is 9.18 Å². The summed E-state index contributed by atoms with van der Waals surface area (Å²) in [5, 5.41) is 7.44. The molecule has 2 aliphatic rings. The Morgan fingerprint density at radius 1 is 1.24 bits per heavy atom. The molecule has 2 heterocycles. The normalized spacial score (nSPS) is 18.5. The lowest BCUT2D eigenvalue weighted by Crippen LogP contribution is -2.45. The minimum atomic E-state index is -0.311. The molecule has 1 saturated heterocycles. The molecule has 7 heteroatoms. The summed E-state index contributed by atoms with van der Waals surface area (Å²) in [4.78, 5) is 17.9.